The van der Waals surface area contributed by atoms with Crippen molar-refractivity contribution >= 4 is 27.3 Å². The lowest BCUT2D eigenvalue weighted by Gasteiger charge is -2.31. The van der Waals surface area contributed by atoms with Crippen molar-refractivity contribution in [3.05, 3.63) is 71.1 Å². The minimum atomic E-state index is -3.45. The number of benzene rings is 2. The normalized spacial score (nSPS) is 16.6. The zero-order valence-corrected chi connectivity index (χ0v) is 19.1. The van der Waals surface area contributed by atoms with Crippen LogP contribution in [0.3, 0.4) is 0 Å². The fourth-order valence-corrected chi connectivity index (χ4v) is 6.84. The number of nitrogens with one attached hydrogen (secondary N) is 1. The van der Waals surface area contributed by atoms with Gasteiger partial charge in [-0.3, -0.25) is 4.79 Å². The van der Waals surface area contributed by atoms with E-state index >= 15 is 0 Å². The summed E-state index contributed by atoms with van der Waals surface area (Å²) in [7, 11) is -3.45. The van der Waals surface area contributed by atoms with E-state index in [9.17, 15) is 13.2 Å². The van der Waals surface area contributed by atoms with E-state index in [2.05, 4.69) is 5.32 Å². The largest absolute Gasteiger partial charge is 0.488 e. The second-order valence-corrected chi connectivity index (χ2v) is 11.1. The lowest BCUT2D eigenvalue weighted by atomic mass is 9.98. The Labute approximate surface area is 191 Å². The Kier molecular flexibility index (Phi) is 5.75. The summed E-state index contributed by atoms with van der Waals surface area (Å²) in [5.74, 6) is 1.03. The van der Waals surface area contributed by atoms with Crippen molar-refractivity contribution < 1.29 is 17.9 Å². The summed E-state index contributed by atoms with van der Waals surface area (Å²) in [5, 5.41) is 3.05. The van der Waals surface area contributed by atoms with E-state index in [1.807, 2.05) is 36.4 Å². The van der Waals surface area contributed by atoms with Gasteiger partial charge < -0.3 is 10.1 Å². The first-order chi connectivity index (χ1) is 15.5. The van der Waals surface area contributed by atoms with Gasteiger partial charge in [-0.2, -0.15) is 4.31 Å². The topological polar surface area (TPSA) is 75.7 Å². The van der Waals surface area contributed by atoms with Crippen molar-refractivity contribution in [1.29, 1.82) is 0 Å². The molecule has 0 saturated carbocycles. The monoisotopic (exact) mass is 468 g/mol. The van der Waals surface area contributed by atoms with Crippen LogP contribution in [0.4, 0.5) is 0 Å². The summed E-state index contributed by atoms with van der Waals surface area (Å²) in [5.41, 5.74) is 2.07. The number of nitrogens with zero attached hydrogens (tertiary/aromatic N) is 1. The van der Waals surface area contributed by atoms with E-state index in [1.54, 1.807) is 28.6 Å². The summed E-state index contributed by atoms with van der Waals surface area (Å²) in [6.45, 7) is 1.97. The SMILES string of the molecule is O=C(NCC1CCN(S(=O)(=O)c2ccccc2)CC1)c1cc2c(s1)-c1ccccc1OC2. The molecule has 3 aromatic rings. The van der Waals surface area contributed by atoms with Crippen molar-refractivity contribution in [2.45, 2.75) is 24.3 Å². The van der Waals surface area contributed by atoms with Gasteiger partial charge in [0.2, 0.25) is 10.0 Å². The molecule has 0 radical (unpaired) electrons. The van der Waals surface area contributed by atoms with Gasteiger partial charge in [0.15, 0.2) is 0 Å². The van der Waals surface area contributed by atoms with Gasteiger partial charge in [-0.25, -0.2) is 8.42 Å². The molecule has 1 N–H and O–H groups in total. The molecule has 3 heterocycles. The molecule has 32 heavy (non-hydrogen) atoms. The van der Waals surface area contributed by atoms with Crippen LogP contribution in [0, 0.1) is 5.92 Å². The van der Waals surface area contributed by atoms with Crippen LogP contribution in [0.15, 0.2) is 65.6 Å². The highest BCUT2D eigenvalue weighted by molar-refractivity contribution is 7.89. The Morgan fingerprint density at radius 3 is 2.56 bits per heavy atom. The number of ether oxygens (including phenoxy) is 1. The van der Waals surface area contributed by atoms with Crippen LogP contribution in [-0.4, -0.2) is 38.3 Å². The summed E-state index contributed by atoms with van der Waals surface area (Å²) < 4.78 is 32.9. The average Bonchev–Trinajstić information content (AvgIpc) is 3.28. The molecule has 0 bridgehead atoms. The first-order valence-electron chi connectivity index (χ1n) is 10.7. The number of sulfonamides is 1. The third kappa shape index (κ3) is 4.05. The van der Waals surface area contributed by atoms with Crippen molar-refractivity contribution in [2.75, 3.05) is 19.6 Å². The molecule has 1 aromatic heterocycles. The second-order valence-electron chi connectivity index (χ2n) is 8.12. The zero-order chi connectivity index (χ0) is 22.1. The maximum atomic E-state index is 12.8. The first-order valence-corrected chi connectivity index (χ1v) is 13.0. The summed E-state index contributed by atoms with van der Waals surface area (Å²) in [4.78, 5) is 14.9. The standard InChI is InChI=1S/C24H24N2O4S2/c27-24(22-14-18-16-30-21-9-5-4-8-20(21)23(18)31-22)25-15-17-10-12-26(13-11-17)32(28,29)19-6-2-1-3-7-19/h1-9,14,17H,10-13,15-16H2,(H,25,27). The fraction of sp³-hybridized carbons (Fsp3) is 0.292. The molecule has 6 nitrogen and oxygen atoms in total. The number of carbonyl (C=O) groups excluding carboxylic acids is 1. The van der Waals surface area contributed by atoms with Gasteiger partial charge in [0.25, 0.3) is 5.91 Å². The molecule has 1 amide bonds. The summed E-state index contributed by atoms with van der Waals surface area (Å²) in [6, 6.07) is 18.3. The Morgan fingerprint density at radius 1 is 1.06 bits per heavy atom. The molecule has 0 aliphatic carbocycles. The minimum absolute atomic E-state index is 0.0822. The molecule has 5 rings (SSSR count). The van der Waals surface area contributed by atoms with E-state index in [4.69, 9.17) is 4.74 Å². The van der Waals surface area contributed by atoms with Crippen LogP contribution in [0.2, 0.25) is 0 Å². The third-order valence-corrected chi connectivity index (χ3v) is 9.18. The Balaban J connectivity index is 1.18. The molecular weight excluding hydrogens is 444 g/mol. The molecule has 2 aliphatic heterocycles. The van der Waals surface area contributed by atoms with Gasteiger partial charge in [0.1, 0.15) is 12.4 Å². The van der Waals surface area contributed by atoms with Gasteiger partial charge in [-0.05, 0) is 49.1 Å². The molecule has 166 valence electrons. The number of rotatable bonds is 5. The highest BCUT2D eigenvalue weighted by Gasteiger charge is 2.29. The minimum Gasteiger partial charge on any atom is -0.488 e. The lowest BCUT2D eigenvalue weighted by Crippen LogP contribution is -2.41. The zero-order valence-electron chi connectivity index (χ0n) is 17.5. The molecule has 0 unspecified atom stereocenters. The number of para-hydroxylation sites is 1. The highest BCUT2D eigenvalue weighted by atomic mass is 32.2. The van der Waals surface area contributed by atoms with Crippen LogP contribution in [0.5, 0.6) is 5.75 Å². The van der Waals surface area contributed by atoms with Crippen LogP contribution in [-0.2, 0) is 16.6 Å². The van der Waals surface area contributed by atoms with Gasteiger partial charge in [0.05, 0.1) is 9.77 Å². The van der Waals surface area contributed by atoms with Crippen LogP contribution < -0.4 is 10.1 Å². The summed E-state index contributed by atoms with van der Waals surface area (Å²) in [6.07, 6.45) is 1.46. The molecule has 2 aliphatic rings. The number of fused-ring (bicyclic) bond motifs is 3. The number of hydrogen-bond donors (Lipinski definition) is 1. The maximum absolute atomic E-state index is 12.8. The molecule has 0 atom stereocenters. The highest BCUT2D eigenvalue weighted by Crippen LogP contribution is 2.42. The number of carbonyl (C=O) groups is 1. The molecule has 0 spiro atoms. The van der Waals surface area contributed by atoms with E-state index in [0.29, 0.717) is 36.0 Å². The van der Waals surface area contributed by atoms with Crippen LogP contribution in [0.1, 0.15) is 28.1 Å². The molecule has 1 saturated heterocycles. The predicted octanol–water partition coefficient (Wildman–Crippen LogP) is 4.14. The van der Waals surface area contributed by atoms with E-state index in [-0.39, 0.29) is 11.8 Å². The Morgan fingerprint density at radius 2 is 1.78 bits per heavy atom. The van der Waals surface area contributed by atoms with Crippen LogP contribution in [0.25, 0.3) is 10.4 Å². The average molecular weight is 469 g/mol. The lowest BCUT2D eigenvalue weighted by molar-refractivity contribution is 0.0945. The quantitative estimate of drug-likeness (QED) is 0.611. The van der Waals surface area contributed by atoms with Gasteiger partial charge in [-0.1, -0.05) is 30.3 Å². The number of thiophene rings is 1. The van der Waals surface area contributed by atoms with Crippen molar-refractivity contribution in [3.8, 4) is 16.2 Å². The molecule has 8 heteroatoms. The van der Waals surface area contributed by atoms with Crippen molar-refractivity contribution in [3.63, 3.8) is 0 Å². The molecular formula is C24H24N2O4S2. The smallest absolute Gasteiger partial charge is 0.261 e. The fourth-order valence-electron chi connectivity index (χ4n) is 4.23. The Hall–Kier alpha value is -2.68. The maximum Gasteiger partial charge on any atom is 0.261 e. The van der Waals surface area contributed by atoms with Crippen molar-refractivity contribution in [2.24, 2.45) is 5.92 Å². The number of hydrogen-bond acceptors (Lipinski definition) is 5. The number of amides is 1. The van der Waals surface area contributed by atoms with Gasteiger partial charge in [0, 0.05) is 35.6 Å². The third-order valence-electron chi connectivity index (χ3n) is 6.05. The van der Waals surface area contributed by atoms with Gasteiger partial charge in [-0.15, -0.1) is 11.3 Å². The van der Waals surface area contributed by atoms with Gasteiger partial charge >= 0.3 is 0 Å². The second kappa shape index (κ2) is 8.69. The first kappa shape index (κ1) is 21.2. The number of piperidine rings is 1. The van der Waals surface area contributed by atoms with Crippen molar-refractivity contribution in [1.82, 2.24) is 9.62 Å². The Bertz CT molecular complexity index is 1230. The van der Waals surface area contributed by atoms with E-state index < -0.39 is 10.0 Å². The predicted molar refractivity (Wildman–Crippen MR) is 124 cm³/mol. The molecule has 1 fully saturated rings. The van der Waals surface area contributed by atoms with E-state index in [0.717, 1.165) is 34.6 Å². The van der Waals surface area contributed by atoms with E-state index in [1.165, 1.54) is 11.3 Å². The molecule has 2 aromatic carbocycles. The summed E-state index contributed by atoms with van der Waals surface area (Å²) >= 11 is 1.49. The van der Waals surface area contributed by atoms with Crippen LogP contribution >= 0.6 is 11.3 Å².